The summed E-state index contributed by atoms with van der Waals surface area (Å²) in [6.45, 7) is -0.554. The number of aliphatic hydroxyl groups is 3. The Bertz CT molecular complexity index is 343. The Morgan fingerprint density at radius 3 is 2.53 bits per heavy atom. The van der Waals surface area contributed by atoms with Gasteiger partial charge in [-0.2, -0.15) is 0 Å². The SMILES string of the molecule is O=C(NOCc1ccccc1)C(O)C(O)CO. The predicted octanol–water partition coefficient (Wildman–Crippen LogP) is -1.05. The molecule has 4 N–H and O–H groups in total. The second-order valence-electron chi connectivity index (χ2n) is 3.44. The molecule has 0 aliphatic carbocycles. The molecule has 17 heavy (non-hydrogen) atoms. The third-order valence-corrected chi connectivity index (χ3v) is 2.07. The molecule has 1 aromatic rings. The summed E-state index contributed by atoms with van der Waals surface area (Å²) in [6.07, 6.45) is -3.23. The summed E-state index contributed by atoms with van der Waals surface area (Å²) in [5.74, 6) is -0.900. The second-order valence-corrected chi connectivity index (χ2v) is 3.44. The Morgan fingerprint density at radius 2 is 1.94 bits per heavy atom. The average molecular weight is 241 g/mol. The third kappa shape index (κ3) is 4.49. The number of nitrogens with one attached hydrogen (secondary N) is 1. The second kappa shape index (κ2) is 6.97. The van der Waals surface area contributed by atoms with Crippen LogP contribution in [0.15, 0.2) is 30.3 Å². The van der Waals surface area contributed by atoms with Gasteiger partial charge in [-0.3, -0.25) is 9.63 Å². The Balaban J connectivity index is 2.29. The zero-order valence-electron chi connectivity index (χ0n) is 9.11. The number of carbonyl (C=O) groups excluding carboxylic acids is 1. The molecule has 0 radical (unpaired) electrons. The van der Waals surface area contributed by atoms with Gasteiger partial charge in [0.1, 0.15) is 6.10 Å². The van der Waals surface area contributed by atoms with Crippen molar-refractivity contribution in [2.45, 2.75) is 18.8 Å². The molecule has 0 heterocycles. The Kier molecular flexibility index (Phi) is 5.58. The van der Waals surface area contributed by atoms with Crippen LogP contribution in [-0.2, 0) is 16.2 Å². The zero-order valence-corrected chi connectivity index (χ0v) is 9.11. The fourth-order valence-corrected chi connectivity index (χ4v) is 1.10. The van der Waals surface area contributed by atoms with Crippen LogP contribution >= 0.6 is 0 Å². The maximum atomic E-state index is 11.2. The van der Waals surface area contributed by atoms with Crippen molar-refractivity contribution in [3.8, 4) is 0 Å². The first-order valence-corrected chi connectivity index (χ1v) is 5.07. The van der Waals surface area contributed by atoms with Crippen molar-refractivity contribution in [1.29, 1.82) is 0 Å². The summed E-state index contributed by atoms with van der Waals surface area (Å²) in [5, 5.41) is 26.7. The number of hydrogen-bond acceptors (Lipinski definition) is 5. The standard InChI is InChI=1S/C11H15NO5/c13-6-9(14)10(15)11(16)12-17-7-8-4-2-1-3-5-8/h1-5,9-10,13-15H,6-7H2,(H,12,16). The summed E-state index contributed by atoms with van der Waals surface area (Å²) >= 11 is 0. The lowest BCUT2D eigenvalue weighted by molar-refractivity contribution is -0.150. The van der Waals surface area contributed by atoms with Crippen LogP contribution in [0.25, 0.3) is 0 Å². The minimum absolute atomic E-state index is 0.147. The van der Waals surface area contributed by atoms with E-state index in [-0.39, 0.29) is 6.61 Å². The molecule has 1 amide bonds. The largest absolute Gasteiger partial charge is 0.394 e. The maximum Gasteiger partial charge on any atom is 0.275 e. The van der Waals surface area contributed by atoms with E-state index in [1.165, 1.54) is 0 Å². The lowest BCUT2D eigenvalue weighted by Gasteiger charge is -2.14. The molecule has 0 spiro atoms. The minimum Gasteiger partial charge on any atom is -0.394 e. The van der Waals surface area contributed by atoms with E-state index < -0.39 is 24.7 Å². The normalized spacial score (nSPS) is 14.1. The van der Waals surface area contributed by atoms with E-state index in [4.69, 9.17) is 15.1 Å². The monoisotopic (exact) mass is 241 g/mol. The minimum atomic E-state index is -1.71. The van der Waals surface area contributed by atoms with Crippen LogP contribution in [0.4, 0.5) is 0 Å². The Labute approximate surface area is 98.4 Å². The highest BCUT2D eigenvalue weighted by Gasteiger charge is 2.23. The summed E-state index contributed by atoms with van der Waals surface area (Å²) < 4.78 is 0. The molecule has 6 heteroatoms. The molecule has 6 nitrogen and oxygen atoms in total. The van der Waals surface area contributed by atoms with Gasteiger partial charge in [-0.15, -0.1) is 0 Å². The molecule has 2 unspecified atom stereocenters. The van der Waals surface area contributed by atoms with E-state index in [9.17, 15) is 9.90 Å². The number of carbonyl (C=O) groups is 1. The van der Waals surface area contributed by atoms with E-state index in [0.717, 1.165) is 5.56 Å². The fraction of sp³-hybridized carbons (Fsp3) is 0.364. The van der Waals surface area contributed by atoms with Crippen molar-refractivity contribution < 1.29 is 25.0 Å². The van der Waals surface area contributed by atoms with E-state index in [0.29, 0.717) is 0 Å². The number of benzene rings is 1. The van der Waals surface area contributed by atoms with E-state index in [1.807, 2.05) is 35.8 Å². The first-order chi connectivity index (χ1) is 8.15. The van der Waals surface area contributed by atoms with Crippen LogP contribution in [0.5, 0.6) is 0 Å². The van der Waals surface area contributed by atoms with Crippen LogP contribution in [0.1, 0.15) is 5.56 Å². The molecule has 0 saturated heterocycles. The maximum absolute atomic E-state index is 11.2. The Hall–Kier alpha value is -1.47. The first-order valence-electron chi connectivity index (χ1n) is 5.07. The smallest absolute Gasteiger partial charge is 0.275 e. The molecule has 0 saturated carbocycles. The van der Waals surface area contributed by atoms with Crippen molar-refractivity contribution in [3.63, 3.8) is 0 Å². The van der Waals surface area contributed by atoms with Crippen molar-refractivity contribution >= 4 is 5.91 Å². The predicted molar refractivity (Wildman–Crippen MR) is 58.5 cm³/mol. The van der Waals surface area contributed by atoms with Crippen molar-refractivity contribution in [2.75, 3.05) is 6.61 Å². The van der Waals surface area contributed by atoms with Crippen LogP contribution in [0.3, 0.4) is 0 Å². The number of hydroxylamine groups is 1. The van der Waals surface area contributed by atoms with E-state index in [1.54, 1.807) is 0 Å². The van der Waals surface area contributed by atoms with Gasteiger partial charge in [-0.1, -0.05) is 30.3 Å². The molecular formula is C11H15NO5. The van der Waals surface area contributed by atoms with Gasteiger partial charge >= 0.3 is 0 Å². The van der Waals surface area contributed by atoms with Gasteiger partial charge in [-0.25, -0.2) is 5.48 Å². The molecule has 0 fully saturated rings. The van der Waals surface area contributed by atoms with Gasteiger partial charge < -0.3 is 15.3 Å². The van der Waals surface area contributed by atoms with Crippen molar-refractivity contribution in [1.82, 2.24) is 5.48 Å². The lowest BCUT2D eigenvalue weighted by atomic mass is 10.2. The number of hydrogen-bond donors (Lipinski definition) is 4. The van der Waals surface area contributed by atoms with Crippen LogP contribution in [0.2, 0.25) is 0 Å². The lowest BCUT2D eigenvalue weighted by Crippen LogP contribution is -2.43. The molecular weight excluding hydrogens is 226 g/mol. The molecule has 0 aliphatic heterocycles. The summed E-state index contributed by atoms with van der Waals surface area (Å²) in [4.78, 5) is 16.0. The first kappa shape index (κ1) is 13.6. The summed E-state index contributed by atoms with van der Waals surface area (Å²) in [5.41, 5.74) is 2.84. The number of aliphatic hydroxyl groups excluding tert-OH is 3. The van der Waals surface area contributed by atoms with Crippen molar-refractivity contribution in [2.24, 2.45) is 0 Å². The van der Waals surface area contributed by atoms with Gasteiger partial charge in [-0.05, 0) is 5.56 Å². The summed E-state index contributed by atoms with van der Waals surface area (Å²) in [7, 11) is 0. The molecule has 2 atom stereocenters. The molecule has 0 aromatic heterocycles. The highest BCUT2D eigenvalue weighted by atomic mass is 16.7. The quantitative estimate of drug-likeness (QED) is 0.476. The summed E-state index contributed by atoms with van der Waals surface area (Å²) in [6, 6.07) is 9.12. The van der Waals surface area contributed by atoms with Gasteiger partial charge in [0.05, 0.1) is 13.2 Å². The van der Waals surface area contributed by atoms with Gasteiger partial charge in [0.2, 0.25) is 0 Å². The molecule has 1 rings (SSSR count). The third-order valence-electron chi connectivity index (χ3n) is 2.07. The van der Waals surface area contributed by atoms with Gasteiger partial charge in [0.15, 0.2) is 6.10 Å². The number of rotatable bonds is 6. The molecule has 94 valence electrons. The molecule has 0 bridgehead atoms. The van der Waals surface area contributed by atoms with E-state index >= 15 is 0 Å². The van der Waals surface area contributed by atoms with Crippen LogP contribution in [-0.4, -0.2) is 40.0 Å². The zero-order chi connectivity index (χ0) is 12.7. The van der Waals surface area contributed by atoms with Gasteiger partial charge in [0.25, 0.3) is 5.91 Å². The van der Waals surface area contributed by atoms with E-state index in [2.05, 4.69) is 0 Å². The number of amides is 1. The highest BCUT2D eigenvalue weighted by molar-refractivity contribution is 5.80. The molecule has 1 aromatic carbocycles. The van der Waals surface area contributed by atoms with Crippen LogP contribution in [0, 0.1) is 0 Å². The fourth-order valence-electron chi connectivity index (χ4n) is 1.10. The van der Waals surface area contributed by atoms with Crippen LogP contribution < -0.4 is 5.48 Å². The topological polar surface area (TPSA) is 99.0 Å². The highest BCUT2D eigenvalue weighted by Crippen LogP contribution is 1.99. The average Bonchev–Trinajstić information content (AvgIpc) is 2.38. The Morgan fingerprint density at radius 1 is 1.29 bits per heavy atom. The van der Waals surface area contributed by atoms with Crippen molar-refractivity contribution in [3.05, 3.63) is 35.9 Å². The molecule has 0 aliphatic rings. The van der Waals surface area contributed by atoms with Gasteiger partial charge in [0, 0.05) is 0 Å².